The highest BCUT2D eigenvalue weighted by atomic mass is 32.2. The minimum atomic E-state index is 0.404. The van der Waals surface area contributed by atoms with E-state index in [9.17, 15) is 0 Å². The summed E-state index contributed by atoms with van der Waals surface area (Å²) in [4.78, 5) is 0. The summed E-state index contributed by atoms with van der Waals surface area (Å²) in [7, 11) is 1.99. The maximum Gasteiger partial charge on any atom is 0.0641 e. The van der Waals surface area contributed by atoms with E-state index < -0.39 is 0 Å². The lowest BCUT2D eigenvalue weighted by Crippen LogP contribution is -2.36. The molecule has 1 heterocycles. The van der Waals surface area contributed by atoms with Gasteiger partial charge in [-0.25, -0.2) is 0 Å². The maximum atomic E-state index is 4.43. The van der Waals surface area contributed by atoms with Gasteiger partial charge in [-0.2, -0.15) is 16.9 Å². The van der Waals surface area contributed by atoms with Crippen LogP contribution in [-0.4, -0.2) is 26.8 Å². The van der Waals surface area contributed by atoms with Crippen LogP contribution in [0.5, 0.6) is 0 Å². The van der Waals surface area contributed by atoms with Crippen LogP contribution in [0.15, 0.2) is 6.20 Å². The molecule has 2 rings (SSSR count). The van der Waals surface area contributed by atoms with Gasteiger partial charge >= 0.3 is 0 Å². The van der Waals surface area contributed by atoms with Crippen LogP contribution in [0, 0.1) is 6.92 Å². The van der Waals surface area contributed by atoms with Crippen molar-refractivity contribution in [2.24, 2.45) is 7.05 Å². The largest absolute Gasteiger partial charge is 0.306 e. The molecule has 1 saturated carbocycles. The van der Waals surface area contributed by atoms with Crippen molar-refractivity contribution < 1.29 is 0 Å². The zero-order valence-corrected chi connectivity index (χ0v) is 12.8. The fourth-order valence-corrected chi connectivity index (χ4v) is 4.19. The number of aromatic nitrogens is 2. The lowest BCUT2D eigenvalue weighted by molar-refractivity contribution is 0.466. The van der Waals surface area contributed by atoms with E-state index in [0.29, 0.717) is 12.1 Å². The molecule has 0 aromatic carbocycles. The predicted octanol–water partition coefficient (Wildman–Crippen LogP) is 3.05. The molecule has 1 N–H and O–H groups in total. The number of hydrogen-bond donors (Lipinski definition) is 1. The summed E-state index contributed by atoms with van der Waals surface area (Å²) in [5.41, 5.74) is 2.49. The molecule has 1 fully saturated rings. The summed E-state index contributed by atoms with van der Waals surface area (Å²) in [6, 6.07) is 1.08. The number of hydrogen-bond acceptors (Lipinski definition) is 3. The van der Waals surface area contributed by atoms with Crippen molar-refractivity contribution in [3.8, 4) is 0 Å². The van der Waals surface area contributed by atoms with E-state index in [-0.39, 0.29) is 0 Å². The molecule has 3 unspecified atom stereocenters. The van der Waals surface area contributed by atoms with Crippen LogP contribution in [0.3, 0.4) is 0 Å². The van der Waals surface area contributed by atoms with Gasteiger partial charge in [-0.15, -0.1) is 0 Å². The molecule has 0 saturated heterocycles. The lowest BCUT2D eigenvalue weighted by Gasteiger charge is -2.24. The van der Waals surface area contributed by atoms with E-state index in [4.69, 9.17) is 0 Å². The fraction of sp³-hybridized carbons (Fsp3) is 0.786. The first-order valence-electron chi connectivity index (χ1n) is 6.99. The molecule has 0 spiro atoms. The van der Waals surface area contributed by atoms with Crippen molar-refractivity contribution >= 4 is 11.8 Å². The van der Waals surface area contributed by atoms with Crippen molar-refractivity contribution in [2.75, 3.05) is 5.75 Å². The van der Waals surface area contributed by atoms with Crippen LogP contribution in [0.1, 0.15) is 50.4 Å². The van der Waals surface area contributed by atoms with Crippen molar-refractivity contribution in [3.05, 3.63) is 17.5 Å². The van der Waals surface area contributed by atoms with Gasteiger partial charge in [0, 0.05) is 36.1 Å². The van der Waals surface area contributed by atoms with Gasteiger partial charge in [0.25, 0.3) is 0 Å². The summed E-state index contributed by atoms with van der Waals surface area (Å²) in [5.74, 6) is 1.23. The van der Waals surface area contributed by atoms with Crippen LogP contribution in [0.25, 0.3) is 0 Å². The average molecular weight is 267 g/mol. The second kappa shape index (κ2) is 6.11. The van der Waals surface area contributed by atoms with Gasteiger partial charge in [-0.3, -0.25) is 4.68 Å². The standard InChI is InChI=1S/C14H25N3S/c1-5-18-14-8-6-7-13(14)15-10(2)12-9-17(4)16-11(12)3/h9-10,13-15H,5-8H2,1-4H3. The number of nitrogens with zero attached hydrogens (tertiary/aromatic N) is 2. The van der Waals surface area contributed by atoms with Crippen LogP contribution >= 0.6 is 11.8 Å². The van der Waals surface area contributed by atoms with E-state index in [1.165, 1.54) is 30.6 Å². The van der Waals surface area contributed by atoms with Crippen molar-refractivity contribution in [2.45, 2.75) is 57.4 Å². The summed E-state index contributed by atoms with van der Waals surface area (Å²) in [6.07, 6.45) is 6.20. The molecule has 0 radical (unpaired) electrons. The van der Waals surface area contributed by atoms with Crippen molar-refractivity contribution in [3.63, 3.8) is 0 Å². The first-order valence-corrected chi connectivity index (χ1v) is 8.04. The number of thioether (sulfide) groups is 1. The quantitative estimate of drug-likeness (QED) is 0.889. The third kappa shape index (κ3) is 3.09. The molecule has 0 bridgehead atoms. The minimum Gasteiger partial charge on any atom is -0.306 e. The van der Waals surface area contributed by atoms with Gasteiger partial charge in [0.2, 0.25) is 0 Å². The van der Waals surface area contributed by atoms with Gasteiger partial charge in [0.15, 0.2) is 0 Å². The third-order valence-corrected chi connectivity index (χ3v) is 5.14. The molecule has 3 atom stereocenters. The Morgan fingerprint density at radius 1 is 1.56 bits per heavy atom. The molecule has 4 heteroatoms. The molecular formula is C14H25N3S. The smallest absolute Gasteiger partial charge is 0.0641 e. The van der Waals surface area contributed by atoms with Crippen molar-refractivity contribution in [1.29, 1.82) is 0 Å². The van der Waals surface area contributed by atoms with Crippen molar-refractivity contribution in [1.82, 2.24) is 15.1 Å². The molecule has 0 aliphatic heterocycles. The number of nitrogens with one attached hydrogen (secondary N) is 1. The van der Waals surface area contributed by atoms with Gasteiger partial charge in [0.1, 0.15) is 0 Å². The fourth-order valence-electron chi connectivity index (χ4n) is 2.98. The Labute approximate surface area is 115 Å². The van der Waals surface area contributed by atoms with Gasteiger partial charge in [-0.1, -0.05) is 13.3 Å². The summed E-state index contributed by atoms with van der Waals surface area (Å²) in [6.45, 7) is 6.62. The zero-order chi connectivity index (χ0) is 13.1. The molecule has 1 aliphatic rings. The summed E-state index contributed by atoms with van der Waals surface area (Å²) >= 11 is 2.11. The Kier molecular flexibility index (Phi) is 4.73. The second-order valence-electron chi connectivity index (χ2n) is 5.26. The SMILES string of the molecule is CCSC1CCCC1NC(C)c1cn(C)nc1C. The van der Waals surface area contributed by atoms with E-state index in [1.807, 2.05) is 11.7 Å². The highest BCUT2D eigenvalue weighted by Gasteiger charge is 2.28. The van der Waals surface area contributed by atoms with E-state index in [2.05, 4.69) is 49.1 Å². The van der Waals surface area contributed by atoms with E-state index in [0.717, 1.165) is 10.9 Å². The van der Waals surface area contributed by atoms with Crippen LogP contribution in [0.2, 0.25) is 0 Å². The van der Waals surface area contributed by atoms with Gasteiger partial charge in [-0.05, 0) is 32.4 Å². The Hall–Kier alpha value is -0.480. The van der Waals surface area contributed by atoms with Crippen LogP contribution < -0.4 is 5.32 Å². The molecule has 0 amide bonds. The second-order valence-corrected chi connectivity index (χ2v) is 6.78. The summed E-state index contributed by atoms with van der Waals surface area (Å²) < 4.78 is 1.91. The van der Waals surface area contributed by atoms with Crippen LogP contribution in [0.4, 0.5) is 0 Å². The highest BCUT2D eigenvalue weighted by molar-refractivity contribution is 7.99. The maximum absolute atomic E-state index is 4.43. The van der Waals surface area contributed by atoms with Gasteiger partial charge in [0.05, 0.1) is 5.69 Å². The monoisotopic (exact) mass is 267 g/mol. The molecule has 3 nitrogen and oxygen atoms in total. The molecular weight excluding hydrogens is 242 g/mol. The number of rotatable bonds is 5. The number of aryl methyl sites for hydroxylation is 2. The Morgan fingerprint density at radius 2 is 2.33 bits per heavy atom. The first-order chi connectivity index (χ1) is 8.61. The highest BCUT2D eigenvalue weighted by Crippen LogP contribution is 2.31. The molecule has 1 aliphatic carbocycles. The normalized spacial score (nSPS) is 25.6. The Bertz CT molecular complexity index is 388. The van der Waals surface area contributed by atoms with E-state index in [1.54, 1.807) is 0 Å². The predicted molar refractivity (Wildman–Crippen MR) is 79.1 cm³/mol. The zero-order valence-electron chi connectivity index (χ0n) is 11.9. The lowest BCUT2D eigenvalue weighted by atomic mass is 10.1. The Morgan fingerprint density at radius 3 is 2.94 bits per heavy atom. The Balaban J connectivity index is 1.98. The van der Waals surface area contributed by atoms with Crippen LogP contribution in [-0.2, 0) is 7.05 Å². The first kappa shape index (κ1) is 13.9. The molecule has 1 aromatic rings. The third-order valence-electron chi connectivity index (χ3n) is 3.82. The average Bonchev–Trinajstić information content (AvgIpc) is 2.87. The molecule has 1 aromatic heterocycles. The van der Waals surface area contributed by atoms with Gasteiger partial charge < -0.3 is 5.32 Å². The van der Waals surface area contributed by atoms with E-state index >= 15 is 0 Å². The topological polar surface area (TPSA) is 29.9 Å². The minimum absolute atomic E-state index is 0.404. The molecule has 102 valence electrons. The molecule has 18 heavy (non-hydrogen) atoms. The summed E-state index contributed by atoms with van der Waals surface area (Å²) in [5, 5.41) is 9.04.